The van der Waals surface area contributed by atoms with Crippen LogP contribution >= 0.6 is 0 Å². The molecule has 0 saturated heterocycles. The van der Waals surface area contributed by atoms with Gasteiger partial charge in [0, 0.05) is 32.0 Å². The average Bonchev–Trinajstić information content (AvgIpc) is 2.77. The van der Waals surface area contributed by atoms with Crippen molar-refractivity contribution >= 4 is 21.4 Å². The molecular weight excluding hydrogens is 264 g/mol. The molecule has 0 unspecified atom stereocenters. The molecule has 1 amide bonds. The van der Waals surface area contributed by atoms with Crippen LogP contribution in [0.1, 0.15) is 5.56 Å². The largest absolute Gasteiger partial charge is 0.373 e. The van der Waals surface area contributed by atoms with Gasteiger partial charge in [0.2, 0.25) is 5.91 Å². The van der Waals surface area contributed by atoms with E-state index in [1.807, 2.05) is 24.3 Å². The third kappa shape index (κ3) is 3.47. The van der Waals surface area contributed by atoms with E-state index in [-0.39, 0.29) is 24.2 Å². The van der Waals surface area contributed by atoms with Gasteiger partial charge in [0.1, 0.15) is 15.9 Å². The molecule has 2 rings (SSSR count). The SMILES string of the molecule is CN(CCS(C)(=O)=O)C(=O)[C@@H]1Cc2ccccc2N1. The van der Waals surface area contributed by atoms with Crippen LogP contribution in [0.4, 0.5) is 5.69 Å². The van der Waals surface area contributed by atoms with Gasteiger partial charge in [0.05, 0.1) is 5.75 Å². The molecule has 6 heteroatoms. The summed E-state index contributed by atoms with van der Waals surface area (Å²) in [7, 11) is -1.41. The van der Waals surface area contributed by atoms with Crippen molar-refractivity contribution in [3.05, 3.63) is 29.8 Å². The zero-order chi connectivity index (χ0) is 14.0. The number of carbonyl (C=O) groups excluding carboxylic acids is 1. The van der Waals surface area contributed by atoms with Crippen molar-refractivity contribution < 1.29 is 13.2 Å². The summed E-state index contributed by atoms with van der Waals surface area (Å²) in [5, 5.41) is 3.17. The summed E-state index contributed by atoms with van der Waals surface area (Å²) in [4.78, 5) is 13.7. The fourth-order valence-electron chi connectivity index (χ4n) is 2.13. The maximum atomic E-state index is 12.2. The quantitative estimate of drug-likeness (QED) is 0.874. The van der Waals surface area contributed by atoms with Crippen LogP contribution in [0.5, 0.6) is 0 Å². The van der Waals surface area contributed by atoms with E-state index >= 15 is 0 Å². The summed E-state index contributed by atoms with van der Waals surface area (Å²) in [5.41, 5.74) is 2.11. The van der Waals surface area contributed by atoms with Crippen molar-refractivity contribution in [3.8, 4) is 0 Å². The molecule has 5 nitrogen and oxygen atoms in total. The number of benzene rings is 1. The maximum Gasteiger partial charge on any atom is 0.245 e. The lowest BCUT2D eigenvalue weighted by Crippen LogP contribution is -2.41. The van der Waals surface area contributed by atoms with Gasteiger partial charge < -0.3 is 10.2 Å². The van der Waals surface area contributed by atoms with E-state index in [0.29, 0.717) is 6.42 Å². The van der Waals surface area contributed by atoms with Crippen molar-refractivity contribution in [2.24, 2.45) is 0 Å². The smallest absolute Gasteiger partial charge is 0.245 e. The number of sulfone groups is 1. The third-order valence-electron chi connectivity index (χ3n) is 3.24. The maximum absolute atomic E-state index is 12.2. The highest BCUT2D eigenvalue weighted by atomic mass is 32.2. The predicted octanol–water partition coefficient (Wildman–Crippen LogP) is 0.526. The summed E-state index contributed by atoms with van der Waals surface area (Å²) in [6.07, 6.45) is 1.83. The van der Waals surface area contributed by atoms with E-state index < -0.39 is 9.84 Å². The van der Waals surface area contributed by atoms with E-state index in [1.54, 1.807) is 7.05 Å². The van der Waals surface area contributed by atoms with Crippen LogP contribution in [0, 0.1) is 0 Å². The number of fused-ring (bicyclic) bond motifs is 1. The number of hydrogen-bond acceptors (Lipinski definition) is 4. The van der Waals surface area contributed by atoms with Crippen LogP contribution in [-0.4, -0.2) is 50.9 Å². The fraction of sp³-hybridized carbons (Fsp3) is 0.462. The highest BCUT2D eigenvalue weighted by molar-refractivity contribution is 7.90. The molecule has 0 aliphatic carbocycles. The zero-order valence-electron chi connectivity index (χ0n) is 11.1. The summed E-state index contributed by atoms with van der Waals surface area (Å²) in [5.74, 6) is -0.0746. The standard InChI is InChI=1S/C13H18N2O3S/c1-15(7-8-19(2,17)18)13(16)12-9-10-5-3-4-6-11(10)14-12/h3-6,12,14H,7-9H2,1-2H3/t12-/m0/s1. The molecule has 0 fully saturated rings. The highest BCUT2D eigenvalue weighted by Crippen LogP contribution is 2.25. The minimum Gasteiger partial charge on any atom is -0.373 e. The van der Waals surface area contributed by atoms with Crippen molar-refractivity contribution in [1.82, 2.24) is 4.90 Å². The normalized spacial score (nSPS) is 17.7. The van der Waals surface area contributed by atoms with Gasteiger partial charge in [0.25, 0.3) is 0 Å². The first kappa shape index (κ1) is 13.9. The Kier molecular flexibility index (Phi) is 3.80. The number of amides is 1. The summed E-state index contributed by atoms with van der Waals surface area (Å²) >= 11 is 0. The lowest BCUT2D eigenvalue weighted by Gasteiger charge is -2.21. The van der Waals surface area contributed by atoms with E-state index in [9.17, 15) is 13.2 Å². The van der Waals surface area contributed by atoms with Gasteiger partial charge in [0.15, 0.2) is 0 Å². The predicted molar refractivity (Wildman–Crippen MR) is 74.9 cm³/mol. The molecule has 1 aliphatic heterocycles. The number of hydrogen-bond donors (Lipinski definition) is 1. The van der Waals surface area contributed by atoms with Gasteiger partial charge in [-0.1, -0.05) is 18.2 Å². The van der Waals surface area contributed by atoms with Crippen LogP contribution in [0.15, 0.2) is 24.3 Å². The van der Waals surface area contributed by atoms with Gasteiger partial charge in [-0.15, -0.1) is 0 Å². The molecule has 0 bridgehead atoms. The lowest BCUT2D eigenvalue weighted by atomic mass is 10.1. The van der Waals surface area contributed by atoms with Gasteiger partial charge in [-0.3, -0.25) is 4.79 Å². The zero-order valence-corrected chi connectivity index (χ0v) is 11.9. The number of nitrogens with one attached hydrogen (secondary N) is 1. The van der Waals surface area contributed by atoms with E-state index in [1.165, 1.54) is 11.2 Å². The van der Waals surface area contributed by atoms with Crippen molar-refractivity contribution in [2.45, 2.75) is 12.5 Å². The van der Waals surface area contributed by atoms with Gasteiger partial charge in [-0.2, -0.15) is 0 Å². The Balaban J connectivity index is 1.95. The molecule has 1 heterocycles. The number of rotatable bonds is 4. The van der Waals surface area contributed by atoms with Crippen molar-refractivity contribution in [1.29, 1.82) is 0 Å². The average molecular weight is 282 g/mol. The molecule has 0 radical (unpaired) electrons. The molecule has 1 atom stereocenters. The minimum absolute atomic E-state index is 0.00505. The van der Waals surface area contributed by atoms with Crippen molar-refractivity contribution in [2.75, 3.05) is 30.9 Å². The highest BCUT2D eigenvalue weighted by Gasteiger charge is 2.28. The molecule has 0 spiro atoms. The molecule has 104 valence electrons. The number of para-hydroxylation sites is 1. The molecule has 1 aromatic rings. The van der Waals surface area contributed by atoms with E-state index in [0.717, 1.165) is 11.3 Å². The fourth-order valence-corrected chi connectivity index (χ4v) is 2.73. The Hall–Kier alpha value is -1.56. The number of carbonyl (C=O) groups is 1. The Morgan fingerprint density at radius 3 is 2.74 bits per heavy atom. The summed E-state index contributed by atoms with van der Waals surface area (Å²) in [6, 6.07) is 7.51. The van der Waals surface area contributed by atoms with Gasteiger partial charge in [-0.25, -0.2) is 8.42 Å². The second-order valence-electron chi connectivity index (χ2n) is 4.95. The molecule has 1 aliphatic rings. The monoisotopic (exact) mass is 282 g/mol. The van der Waals surface area contributed by atoms with E-state index in [2.05, 4.69) is 5.32 Å². The first-order valence-corrected chi connectivity index (χ1v) is 8.20. The molecular formula is C13H18N2O3S. The van der Waals surface area contributed by atoms with E-state index in [4.69, 9.17) is 0 Å². The van der Waals surface area contributed by atoms with Crippen LogP contribution < -0.4 is 5.32 Å². The first-order chi connectivity index (χ1) is 8.87. The first-order valence-electron chi connectivity index (χ1n) is 6.14. The topological polar surface area (TPSA) is 66.5 Å². The Morgan fingerprint density at radius 2 is 2.11 bits per heavy atom. The third-order valence-corrected chi connectivity index (χ3v) is 4.17. The molecule has 0 saturated carbocycles. The Labute approximate surface area is 113 Å². The summed E-state index contributed by atoms with van der Waals surface area (Å²) < 4.78 is 22.2. The number of likely N-dealkylation sites (N-methyl/N-ethyl adjacent to an activating group) is 1. The molecule has 19 heavy (non-hydrogen) atoms. The Bertz CT molecular complexity index is 558. The minimum atomic E-state index is -3.04. The Morgan fingerprint density at radius 1 is 1.42 bits per heavy atom. The van der Waals surface area contributed by atoms with Crippen LogP contribution in [0.2, 0.25) is 0 Å². The van der Waals surface area contributed by atoms with Crippen LogP contribution in [0.25, 0.3) is 0 Å². The van der Waals surface area contributed by atoms with Gasteiger partial charge >= 0.3 is 0 Å². The van der Waals surface area contributed by atoms with Gasteiger partial charge in [-0.05, 0) is 11.6 Å². The van der Waals surface area contributed by atoms with Crippen molar-refractivity contribution in [3.63, 3.8) is 0 Å². The van der Waals surface area contributed by atoms with Crippen LogP contribution in [0.3, 0.4) is 0 Å². The van der Waals surface area contributed by atoms with Crippen LogP contribution in [-0.2, 0) is 21.1 Å². The molecule has 1 aromatic carbocycles. The second-order valence-corrected chi connectivity index (χ2v) is 7.21. The summed E-state index contributed by atoms with van der Waals surface area (Å²) in [6.45, 7) is 0.228. The second kappa shape index (κ2) is 5.21. The number of anilines is 1. The lowest BCUT2D eigenvalue weighted by molar-refractivity contribution is -0.130. The number of nitrogens with zero attached hydrogens (tertiary/aromatic N) is 1. The molecule has 0 aromatic heterocycles. The molecule has 1 N–H and O–H groups in total.